The Labute approximate surface area is 249 Å². The highest BCUT2D eigenvalue weighted by Crippen LogP contribution is 2.42. The van der Waals surface area contributed by atoms with E-state index < -0.39 is 14.3 Å². The van der Waals surface area contributed by atoms with E-state index in [0.29, 0.717) is 18.8 Å². The second-order valence-electron chi connectivity index (χ2n) is 13.4. The summed E-state index contributed by atoms with van der Waals surface area (Å²) >= 11 is 6.83. The lowest BCUT2D eigenvalue weighted by atomic mass is 9.90. The third-order valence-electron chi connectivity index (χ3n) is 8.81. The van der Waals surface area contributed by atoms with Gasteiger partial charge in [-0.2, -0.15) is 0 Å². The number of hydrogen-bond donors (Lipinski definition) is 1. The number of hydrogen-bond acceptors (Lipinski definition) is 5. The summed E-state index contributed by atoms with van der Waals surface area (Å²) in [6.45, 7) is 15.0. The van der Waals surface area contributed by atoms with Gasteiger partial charge >= 0.3 is 5.97 Å². The molecule has 1 saturated heterocycles. The molecule has 0 aromatic carbocycles. The largest absolute Gasteiger partial charge is 0.481 e. The van der Waals surface area contributed by atoms with Crippen LogP contribution in [0.25, 0.3) is 0 Å². The zero-order chi connectivity index (χ0) is 29.8. The van der Waals surface area contributed by atoms with Crippen LogP contribution in [0.4, 0.5) is 0 Å². The molecule has 2 fully saturated rings. The number of carbonyl (C=O) groups is 2. The predicted molar refractivity (Wildman–Crippen MR) is 165 cm³/mol. The van der Waals surface area contributed by atoms with Crippen LogP contribution in [0.15, 0.2) is 24.3 Å². The lowest BCUT2D eigenvalue weighted by Crippen LogP contribution is -2.41. The van der Waals surface area contributed by atoms with Crippen molar-refractivity contribution in [2.24, 2.45) is 17.8 Å². The van der Waals surface area contributed by atoms with Crippen molar-refractivity contribution in [2.45, 2.75) is 134 Å². The molecular weight excluding hydrogens is 544 g/mol. The maximum absolute atomic E-state index is 12.8. The minimum Gasteiger partial charge on any atom is -0.481 e. The van der Waals surface area contributed by atoms with Crippen molar-refractivity contribution in [3.8, 4) is 0 Å². The summed E-state index contributed by atoms with van der Waals surface area (Å²) in [4.78, 5) is 23.6. The first kappa shape index (κ1) is 35.2. The second-order valence-corrected chi connectivity index (χ2v) is 18.7. The van der Waals surface area contributed by atoms with E-state index in [2.05, 4.69) is 46.9 Å². The molecule has 40 heavy (non-hydrogen) atoms. The number of rotatable bonds is 17. The fourth-order valence-corrected chi connectivity index (χ4v) is 6.70. The van der Waals surface area contributed by atoms with Gasteiger partial charge in [0.1, 0.15) is 0 Å². The number of carboxylic acids is 1. The van der Waals surface area contributed by atoms with Gasteiger partial charge in [-0.15, -0.1) is 11.6 Å². The summed E-state index contributed by atoms with van der Waals surface area (Å²) in [7, 11) is -1.75. The molecule has 8 heteroatoms. The minimum atomic E-state index is -1.75. The van der Waals surface area contributed by atoms with E-state index in [1.165, 1.54) is 0 Å². The average Bonchev–Trinajstić information content (AvgIpc) is 3.16. The molecule has 0 radical (unpaired) electrons. The van der Waals surface area contributed by atoms with E-state index in [4.69, 9.17) is 30.6 Å². The van der Waals surface area contributed by atoms with Crippen LogP contribution < -0.4 is 0 Å². The summed E-state index contributed by atoms with van der Waals surface area (Å²) in [6.07, 6.45) is 16.1. The molecule has 2 rings (SSSR count). The maximum atomic E-state index is 12.8. The number of ether oxygens (including phenoxy) is 2. The molecule has 6 atom stereocenters. The van der Waals surface area contributed by atoms with Crippen LogP contribution in [0.1, 0.15) is 98.3 Å². The first-order valence-electron chi connectivity index (χ1n) is 15.4. The van der Waals surface area contributed by atoms with Gasteiger partial charge in [0, 0.05) is 37.4 Å². The molecule has 1 aliphatic heterocycles. The SMILES string of the molecule is C[C@H](CCCC(=O)/C=C/[C@@H]1[C@@H](CC=CCCCC(=O)O)[C@H](Cl)C[C@H]1OC1CCCCO1)CO[Si](C)(C)C(C)(C)C. The second kappa shape index (κ2) is 17.2. The van der Waals surface area contributed by atoms with E-state index in [1.807, 2.05) is 12.2 Å². The van der Waals surface area contributed by atoms with Crippen LogP contribution in [-0.2, 0) is 23.5 Å². The Hall–Kier alpha value is -0.993. The third kappa shape index (κ3) is 12.5. The lowest BCUT2D eigenvalue weighted by Gasteiger charge is -2.37. The van der Waals surface area contributed by atoms with Crippen molar-refractivity contribution in [2.75, 3.05) is 13.2 Å². The lowest BCUT2D eigenvalue weighted by molar-refractivity contribution is -0.192. The number of alkyl halides is 1. The number of carboxylic acid groups (broad SMARTS) is 1. The average molecular weight is 599 g/mol. The topological polar surface area (TPSA) is 82.1 Å². The third-order valence-corrected chi connectivity index (χ3v) is 13.8. The Balaban J connectivity index is 1.91. The highest BCUT2D eigenvalue weighted by molar-refractivity contribution is 6.74. The number of aliphatic carboxylic acids is 1. The highest BCUT2D eigenvalue weighted by atomic mass is 35.5. The molecule has 230 valence electrons. The van der Waals surface area contributed by atoms with E-state index in [1.54, 1.807) is 6.08 Å². The molecule has 0 bridgehead atoms. The molecule has 0 aromatic rings. The molecule has 0 aromatic heterocycles. The fraction of sp³-hybridized carbons (Fsp3) is 0.812. The predicted octanol–water partition coefficient (Wildman–Crippen LogP) is 8.30. The van der Waals surface area contributed by atoms with Crippen LogP contribution in [-0.4, -0.2) is 56.2 Å². The summed E-state index contributed by atoms with van der Waals surface area (Å²) in [6, 6.07) is 0. The summed E-state index contributed by atoms with van der Waals surface area (Å²) < 4.78 is 18.6. The Morgan fingerprint density at radius 2 is 1.90 bits per heavy atom. The summed E-state index contributed by atoms with van der Waals surface area (Å²) in [5, 5.41) is 8.99. The smallest absolute Gasteiger partial charge is 0.303 e. The normalized spacial score (nSPS) is 27.0. The van der Waals surface area contributed by atoms with Gasteiger partial charge in [-0.3, -0.25) is 9.59 Å². The van der Waals surface area contributed by atoms with Gasteiger partial charge in [-0.1, -0.05) is 45.9 Å². The zero-order valence-electron chi connectivity index (χ0n) is 25.8. The maximum Gasteiger partial charge on any atom is 0.303 e. The van der Waals surface area contributed by atoms with E-state index in [9.17, 15) is 9.59 Å². The van der Waals surface area contributed by atoms with Crippen molar-refractivity contribution in [3.05, 3.63) is 24.3 Å². The van der Waals surface area contributed by atoms with E-state index in [-0.39, 0.29) is 46.8 Å². The van der Waals surface area contributed by atoms with Gasteiger partial charge in [0.15, 0.2) is 20.4 Å². The summed E-state index contributed by atoms with van der Waals surface area (Å²) in [5.41, 5.74) is 0. The van der Waals surface area contributed by atoms with Crippen molar-refractivity contribution in [1.29, 1.82) is 0 Å². The van der Waals surface area contributed by atoms with Crippen molar-refractivity contribution in [1.82, 2.24) is 0 Å². The van der Waals surface area contributed by atoms with E-state index >= 15 is 0 Å². The molecule has 1 heterocycles. The molecule has 1 N–H and O–H groups in total. The van der Waals surface area contributed by atoms with Gasteiger partial charge in [0.25, 0.3) is 0 Å². The van der Waals surface area contributed by atoms with E-state index in [0.717, 1.165) is 64.6 Å². The van der Waals surface area contributed by atoms with Gasteiger partial charge in [-0.25, -0.2) is 0 Å². The number of ketones is 1. The molecule has 1 saturated carbocycles. The van der Waals surface area contributed by atoms with Crippen LogP contribution in [0.5, 0.6) is 0 Å². The molecule has 2 aliphatic rings. The molecule has 1 unspecified atom stereocenters. The van der Waals surface area contributed by atoms with Gasteiger partial charge in [0.2, 0.25) is 0 Å². The van der Waals surface area contributed by atoms with Crippen molar-refractivity contribution >= 4 is 31.7 Å². The first-order chi connectivity index (χ1) is 18.8. The van der Waals surface area contributed by atoms with Crippen LogP contribution in [0, 0.1) is 17.8 Å². The first-order valence-corrected chi connectivity index (χ1v) is 18.8. The number of halogens is 1. The van der Waals surface area contributed by atoms with Gasteiger partial charge < -0.3 is 19.0 Å². The van der Waals surface area contributed by atoms with Crippen molar-refractivity contribution in [3.63, 3.8) is 0 Å². The molecular formula is C32H55ClO6Si. The van der Waals surface area contributed by atoms with Gasteiger partial charge in [-0.05, 0) is 93.8 Å². The zero-order valence-corrected chi connectivity index (χ0v) is 27.6. The standard InChI is InChI=1S/C32H55ClO6Si/c1-24(23-38-40(5,6)32(2,3)4)14-13-15-25(34)19-20-27-26(16-9-7-8-10-17-30(35)36)28(33)22-29(27)39-31-18-11-12-21-37-31/h7,9,19-20,24,26-29,31H,8,10-18,21-23H2,1-6H3,(H,35,36)/b9-7?,20-19+/t24-,26-,27-,28-,29-,31?/m1/s1. The van der Waals surface area contributed by atoms with Crippen molar-refractivity contribution < 1.29 is 28.6 Å². The molecule has 0 spiro atoms. The summed E-state index contributed by atoms with van der Waals surface area (Å²) in [5.74, 6) is 0.00249. The van der Waals surface area contributed by atoms with Crippen LogP contribution in [0.2, 0.25) is 18.1 Å². The Kier molecular flexibility index (Phi) is 15.1. The van der Waals surface area contributed by atoms with Crippen LogP contribution in [0.3, 0.4) is 0 Å². The highest BCUT2D eigenvalue weighted by Gasteiger charge is 2.42. The Bertz CT molecular complexity index is 830. The number of unbranched alkanes of at least 4 members (excludes halogenated alkanes) is 1. The van der Waals surface area contributed by atoms with Gasteiger partial charge in [0.05, 0.1) is 6.10 Å². The number of carbonyl (C=O) groups excluding carboxylic acids is 1. The Morgan fingerprint density at radius 1 is 1.15 bits per heavy atom. The molecule has 0 amide bonds. The monoisotopic (exact) mass is 598 g/mol. The molecule has 6 nitrogen and oxygen atoms in total. The molecule has 1 aliphatic carbocycles. The van der Waals surface area contributed by atoms with Crippen LogP contribution >= 0.6 is 11.6 Å². The minimum absolute atomic E-state index is 0.0394. The quantitative estimate of drug-likeness (QED) is 0.0596. The number of allylic oxidation sites excluding steroid dienone is 3. The fourth-order valence-electron chi connectivity index (χ4n) is 5.12. The Morgan fingerprint density at radius 3 is 2.55 bits per heavy atom.